The minimum absolute atomic E-state index is 0.208. The third kappa shape index (κ3) is 3.87. The molecular formula is C23H15N9O+2. The van der Waals surface area contributed by atoms with Crippen molar-refractivity contribution in [2.24, 2.45) is 0 Å². The largest absolute Gasteiger partial charge is 0.449 e. The Bertz CT molecular complexity index is 1480. The van der Waals surface area contributed by atoms with Crippen LogP contribution in [0.3, 0.4) is 0 Å². The van der Waals surface area contributed by atoms with Crippen molar-refractivity contribution in [1.82, 2.24) is 24.1 Å². The molecular weight excluding hydrogens is 418 g/mol. The zero-order valence-corrected chi connectivity index (χ0v) is 17.1. The molecule has 0 aliphatic rings. The Morgan fingerprint density at radius 3 is 1.82 bits per heavy atom. The van der Waals surface area contributed by atoms with Gasteiger partial charge < -0.3 is 0 Å². The highest BCUT2D eigenvalue weighted by molar-refractivity contribution is 5.39. The number of nitrogens with zero attached hydrogens (tertiary/aromatic N) is 8. The van der Waals surface area contributed by atoms with Gasteiger partial charge >= 0.3 is 17.6 Å². The molecule has 2 aromatic carbocycles. The number of rotatable bonds is 4. The number of nitrogens with one attached hydrogen (secondary N) is 1. The van der Waals surface area contributed by atoms with Crippen molar-refractivity contribution in [3.05, 3.63) is 108 Å². The van der Waals surface area contributed by atoms with Gasteiger partial charge in [-0.1, -0.05) is 0 Å². The zero-order valence-electron chi connectivity index (χ0n) is 17.1. The first-order valence-electron chi connectivity index (χ1n) is 9.82. The highest BCUT2D eigenvalue weighted by Crippen LogP contribution is 2.09. The van der Waals surface area contributed by atoms with Gasteiger partial charge in [-0.25, -0.2) is 9.36 Å². The molecule has 10 nitrogen and oxygen atoms in total. The predicted molar refractivity (Wildman–Crippen MR) is 114 cm³/mol. The van der Waals surface area contributed by atoms with Crippen LogP contribution < -0.4 is 14.8 Å². The number of hydrogen-bond acceptors (Lipinski definition) is 5. The van der Waals surface area contributed by atoms with Crippen molar-refractivity contribution in [2.75, 3.05) is 0 Å². The summed E-state index contributed by atoms with van der Waals surface area (Å²) in [5.41, 5.74) is 2.33. The van der Waals surface area contributed by atoms with E-state index in [4.69, 9.17) is 10.5 Å². The van der Waals surface area contributed by atoms with Crippen molar-refractivity contribution < 1.29 is 9.13 Å². The first kappa shape index (κ1) is 19.6. The zero-order chi connectivity index (χ0) is 22.8. The summed E-state index contributed by atoms with van der Waals surface area (Å²) in [5, 5.41) is 17.9. The summed E-state index contributed by atoms with van der Waals surface area (Å²) < 4.78 is 6.98. The number of aromatic amines is 1. The lowest BCUT2D eigenvalue weighted by Crippen LogP contribution is -2.40. The first-order chi connectivity index (χ1) is 16.1. The summed E-state index contributed by atoms with van der Waals surface area (Å²) in [6.07, 6.45) is 10.6. The fourth-order valence-corrected chi connectivity index (χ4v) is 3.27. The smallest absolute Gasteiger partial charge is 0.254 e. The summed E-state index contributed by atoms with van der Waals surface area (Å²) in [6, 6.07) is 18.4. The second kappa shape index (κ2) is 8.06. The summed E-state index contributed by atoms with van der Waals surface area (Å²) in [7, 11) is 0. The molecule has 0 bridgehead atoms. The van der Waals surface area contributed by atoms with E-state index in [0.29, 0.717) is 17.1 Å². The summed E-state index contributed by atoms with van der Waals surface area (Å²) in [6.45, 7) is 0. The van der Waals surface area contributed by atoms with Crippen LogP contribution >= 0.6 is 0 Å². The number of benzene rings is 2. The monoisotopic (exact) mass is 433 g/mol. The first-order valence-corrected chi connectivity index (χ1v) is 9.82. The molecule has 3 heterocycles. The molecule has 156 valence electrons. The standard InChI is InChI=1S/C23H14N9O/c24-13-17-1-5-19(6-2-17)29-9-11-31(15-29)21-26-22(28-23(33)27-21)32-12-10-30(16-32)20-7-3-18(14-25)4-8-20/h1-12,15-16H/q+1/p+1. The second-order valence-corrected chi connectivity index (χ2v) is 7.05. The van der Waals surface area contributed by atoms with Crippen LogP contribution in [0.25, 0.3) is 23.3 Å². The minimum atomic E-state index is -0.535. The molecule has 33 heavy (non-hydrogen) atoms. The normalized spacial score (nSPS) is 10.5. The summed E-state index contributed by atoms with van der Waals surface area (Å²) in [5.74, 6) is 0.510. The fraction of sp³-hybridized carbons (Fsp3) is 0. The van der Waals surface area contributed by atoms with E-state index in [1.807, 2.05) is 39.6 Å². The molecule has 0 atom stereocenters. The molecule has 3 aromatic heterocycles. The maximum atomic E-state index is 12.2. The predicted octanol–water partition coefficient (Wildman–Crippen LogP) is 1.04. The highest BCUT2D eigenvalue weighted by Gasteiger charge is 2.19. The van der Waals surface area contributed by atoms with E-state index in [-0.39, 0.29) is 5.95 Å². The van der Waals surface area contributed by atoms with Gasteiger partial charge in [-0.3, -0.25) is 9.13 Å². The lowest BCUT2D eigenvalue weighted by molar-refractivity contribution is -0.615. The van der Waals surface area contributed by atoms with Crippen LogP contribution in [0, 0.1) is 22.7 Å². The number of nitriles is 2. The Kier molecular flexibility index (Phi) is 4.79. The molecule has 5 aromatic rings. The van der Waals surface area contributed by atoms with Crippen LogP contribution in [-0.4, -0.2) is 24.1 Å². The van der Waals surface area contributed by atoms with Crippen LogP contribution in [0.4, 0.5) is 0 Å². The van der Waals surface area contributed by atoms with E-state index < -0.39 is 5.69 Å². The maximum Gasteiger partial charge on any atom is 0.449 e. The molecule has 0 unspecified atom stereocenters. The Balaban J connectivity index is 1.46. The number of imidazole rings is 2. The lowest BCUT2D eigenvalue weighted by atomic mass is 10.2. The molecule has 0 saturated carbocycles. The van der Waals surface area contributed by atoms with E-state index in [1.165, 1.54) is 0 Å². The Morgan fingerprint density at radius 2 is 1.27 bits per heavy atom. The molecule has 0 amide bonds. The van der Waals surface area contributed by atoms with Gasteiger partial charge in [0.15, 0.2) is 12.7 Å². The second-order valence-electron chi connectivity index (χ2n) is 7.05. The summed E-state index contributed by atoms with van der Waals surface area (Å²) in [4.78, 5) is 23.4. The van der Waals surface area contributed by atoms with Crippen molar-refractivity contribution >= 4 is 0 Å². The molecule has 5 rings (SSSR count). The molecule has 0 fully saturated rings. The molecule has 0 spiro atoms. The average Bonchev–Trinajstić information content (AvgIpc) is 3.54. The van der Waals surface area contributed by atoms with E-state index >= 15 is 0 Å². The van der Waals surface area contributed by atoms with E-state index in [0.717, 1.165) is 11.4 Å². The summed E-state index contributed by atoms with van der Waals surface area (Å²) >= 11 is 0. The van der Waals surface area contributed by atoms with Crippen molar-refractivity contribution in [1.29, 1.82) is 10.5 Å². The Labute approximate surface area is 187 Å². The van der Waals surface area contributed by atoms with E-state index in [2.05, 4.69) is 27.1 Å². The van der Waals surface area contributed by atoms with E-state index in [1.54, 1.807) is 64.6 Å². The third-order valence-electron chi connectivity index (χ3n) is 4.96. The molecule has 0 saturated heterocycles. The quantitative estimate of drug-likeness (QED) is 0.424. The average molecular weight is 433 g/mol. The molecule has 10 heteroatoms. The van der Waals surface area contributed by atoms with Crippen LogP contribution in [0.2, 0.25) is 0 Å². The Hall–Kier alpha value is -5.35. The van der Waals surface area contributed by atoms with Gasteiger partial charge in [0, 0.05) is 0 Å². The van der Waals surface area contributed by atoms with Crippen LogP contribution in [0.1, 0.15) is 11.1 Å². The molecule has 1 N–H and O–H groups in total. The van der Waals surface area contributed by atoms with Gasteiger partial charge in [-0.05, 0) is 58.5 Å². The number of hydrogen-bond donors (Lipinski definition) is 1. The van der Waals surface area contributed by atoms with Gasteiger partial charge in [0.05, 0.1) is 59.4 Å². The molecule has 0 aliphatic heterocycles. The SMILES string of the molecule is N#Cc1ccc(-n2cc[n+](-c3nc(-[n+]4ccn(-c5ccc(C#N)cc5)c4)[nH]c(=O)n3)c2)cc1. The van der Waals surface area contributed by atoms with Gasteiger partial charge in [0.1, 0.15) is 0 Å². The van der Waals surface area contributed by atoms with E-state index in [9.17, 15) is 4.79 Å². The van der Waals surface area contributed by atoms with Crippen LogP contribution in [-0.2, 0) is 0 Å². The van der Waals surface area contributed by atoms with Gasteiger partial charge in [-0.2, -0.15) is 20.1 Å². The lowest BCUT2D eigenvalue weighted by Gasteiger charge is -1.98. The third-order valence-corrected chi connectivity index (χ3v) is 4.96. The Morgan fingerprint density at radius 1 is 0.758 bits per heavy atom. The van der Waals surface area contributed by atoms with Gasteiger partial charge in [-0.15, -0.1) is 0 Å². The van der Waals surface area contributed by atoms with Crippen molar-refractivity contribution in [3.63, 3.8) is 0 Å². The van der Waals surface area contributed by atoms with Crippen molar-refractivity contribution in [3.8, 4) is 35.4 Å². The topological polar surface area (TPSA) is 124 Å². The molecule has 0 radical (unpaired) electrons. The molecule has 0 aliphatic carbocycles. The highest BCUT2D eigenvalue weighted by atomic mass is 16.1. The minimum Gasteiger partial charge on any atom is -0.254 e. The van der Waals surface area contributed by atoms with Crippen LogP contribution in [0.15, 0.2) is 90.8 Å². The number of aromatic nitrogens is 7. The number of H-pyrrole nitrogens is 1. The fourth-order valence-electron chi connectivity index (χ4n) is 3.27. The van der Waals surface area contributed by atoms with Crippen molar-refractivity contribution in [2.45, 2.75) is 0 Å². The maximum absolute atomic E-state index is 12.2. The van der Waals surface area contributed by atoms with Crippen LogP contribution in [0.5, 0.6) is 0 Å². The van der Waals surface area contributed by atoms with Gasteiger partial charge in [0.2, 0.25) is 0 Å². The van der Waals surface area contributed by atoms with Gasteiger partial charge in [0.25, 0.3) is 0 Å².